The number of aliphatic hydroxyl groups is 1. The van der Waals surface area contributed by atoms with Crippen molar-refractivity contribution in [2.45, 2.75) is 17.4 Å². The van der Waals surface area contributed by atoms with E-state index in [1.54, 1.807) is 0 Å². The molecule has 0 aliphatic carbocycles. The number of nitrogens with one attached hydrogen (secondary N) is 1. The van der Waals surface area contributed by atoms with Gasteiger partial charge in [-0.05, 0) is 24.6 Å². The van der Waals surface area contributed by atoms with Crippen LogP contribution < -0.4 is 4.72 Å². The van der Waals surface area contributed by atoms with Gasteiger partial charge in [0.2, 0.25) is 10.0 Å². The monoisotopic (exact) mass is 327 g/mol. The van der Waals surface area contributed by atoms with Crippen molar-refractivity contribution in [3.05, 3.63) is 28.2 Å². The molecular formula is C10H11Cl2NO5S. The minimum atomic E-state index is -3.82. The summed E-state index contributed by atoms with van der Waals surface area (Å²) in [5.74, 6) is -1.41. The number of halogens is 2. The third-order valence-electron chi connectivity index (χ3n) is 2.20. The van der Waals surface area contributed by atoms with Crippen LogP contribution in [0.15, 0.2) is 23.1 Å². The summed E-state index contributed by atoms with van der Waals surface area (Å²) >= 11 is 11.4. The Labute approximate surface area is 120 Å². The summed E-state index contributed by atoms with van der Waals surface area (Å²) < 4.78 is 25.8. The van der Waals surface area contributed by atoms with Gasteiger partial charge in [0.25, 0.3) is 0 Å². The van der Waals surface area contributed by atoms with Gasteiger partial charge in [-0.3, -0.25) is 0 Å². The van der Waals surface area contributed by atoms with Crippen LogP contribution in [0.1, 0.15) is 6.42 Å². The molecule has 0 aliphatic heterocycles. The number of hydrogen-bond acceptors (Lipinski definition) is 4. The van der Waals surface area contributed by atoms with Crippen LogP contribution in [0, 0.1) is 0 Å². The summed E-state index contributed by atoms with van der Waals surface area (Å²) in [4.78, 5) is 10.3. The molecule has 19 heavy (non-hydrogen) atoms. The Morgan fingerprint density at radius 2 is 1.95 bits per heavy atom. The molecule has 0 aliphatic rings. The molecule has 9 heteroatoms. The molecule has 0 aromatic heterocycles. The zero-order chi connectivity index (χ0) is 14.6. The van der Waals surface area contributed by atoms with Crippen molar-refractivity contribution in [3.8, 4) is 0 Å². The van der Waals surface area contributed by atoms with Gasteiger partial charge in [0.15, 0.2) is 6.10 Å². The second-order valence-electron chi connectivity index (χ2n) is 3.62. The summed E-state index contributed by atoms with van der Waals surface area (Å²) in [5, 5.41) is 17.8. The minimum absolute atomic E-state index is 0.0910. The van der Waals surface area contributed by atoms with Gasteiger partial charge in [-0.1, -0.05) is 23.2 Å². The standard InChI is InChI=1S/C10H11Cl2NO5S/c11-7-2-1-6(5-8(7)12)19(17,18)13-4-3-9(14)10(15)16/h1-2,5,9,13-14H,3-4H2,(H,15,16)/t9-/m0/s1. The fraction of sp³-hybridized carbons (Fsp3) is 0.300. The fourth-order valence-corrected chi connectivity index (χ4v) is 2.62. The van der Waals surface area contributed by atoms with Gasteiger partial charge in [0.1, 0.15) is 0 Å². The Morgan fingerprint density at radius 3 is 2.47 bits per heavy atom. The highest BCUT2D eigenvalue weighted by molar-refractivity contribution is 7.89. The lowest BCUT2D eigenvalue weighted by Crippen LogP contribution is -2.30. The number of carbonyl (C=O) groups is 1. The van der Waals surface area contributed by atoms with Crippen LogP contribution in [-0.2, 0) is 14.8 Å². The molecule has 1 aromatic rings. The second kappa shape index (κ2) is 6.53. The zero-order valence-corrected chi connectivity index (χ0v) is 11.8. The van der Waals surface area contributed by atoms with Gasteiger partial charge < -0.3 is 10.2 Å². The normalized spacial score (nSPS) is 13.2. The summed E-state index contributed by atoms with van der Waals surface area (Å²) in [6, 6.07) is 3.79. The highest BCUT2D eigenvalue weighted by atomic mass is 35.5. The van der Waals surface area contributed by atoms with E-state index in [2.05, 4.69) is 4.72 Å². The third-order valence-corrected chi connectivity index (χ3v) is 4.39. The number of aliphatic hydroxyl groups excluding tert-OH is 1. The maximum absolute atomic E-state index is 11.8. The van der Waals surface area contributed by atoms with E-state index >= 15 is 0 Å². The molecule has 0 fully saturated rings. The van der Waals surface area contributed by atoms with E-state index in [0.29, 0.717) is 0 Å². The predicted octanol–water partition coefficient (Wildman–Crippen LogP) is 1.11. The average Bonchev–Trinajstić information content (AvgIpc) is 2.32. The first-order chi connectivity index (χ1) is 8.74. The molecule has 106 valence electrons. The molecule has 0 unspecified atom stereocenters. The Bertz CT molecular complexity index is 575. The molecule has 1 aromatic carbocycles. The van der Waals surface area contributed by atoms with Crippen LogP contribution in [0.5, 0.6) is 0 Å². The molecule has 0 heterocycles. The van der Waals surface area contributed by atoms with Crippen LogP contribution in [-0.4, -0.2) is 37.2 Å². The van der Waals surface area contributed by atoms with E-state index in [9.17, 15) is 13.2 Å². The lowest BCUT2D eigenvalue weighted by Gasteiger charge is -2.09. The van der Waals surface area contributed by atoms with Crippen molar-refractivity contribution in [3.63, 3.8) is 0 Å². The van der Waals surface area contributed by atoms with E-state index in [0.717, 1.165) is 0 Å². The Morgan fingerprint density at radius 1 is 1.32 bits per heavy atom. The predicted molar refractivity (Wildman–Crippen MR) is 69.9 cm³/mol. The number of hydrogen-bond donors (Lipinski definition) is 3. The van der Waals surface area contributed by atoms with Crippen LogP contribution in [0.4, 0.5) is 0 Å². The van der Waals surface area contributed by atoms with E-state index in [4.69, 9.17) is 33.4 Å². The third kappa shape index (κ3) is 4.63. The van der Waals surface area contributed by atoms with Gasteiger partial charge in [0.05, 0.1) is 14.9 Å². The maximum Gasteiger partial charge on any atom is 0.332 e. The van der Waals surface area contributed by atoms with Crippen molar-refractivity contribution in [1.29, 1.82) is 0 Å². The Hall–Kier alpha value is -0.860. The molecule has 0 spiro atoms. The summed E-state index contributed by atoms with van der Waals surface area (Å²) in [6.45, 7) is -0.212. The molecule has 1 rings (SSSR count). The van der Waals surface area contributed by atoms with Crippen molar-refractivity contribution in [2.75, 3.05) is 6.54 Å². The SMILES string of the molecule is O=C(O)[C@@H](O)CCNS(=O)(=O)c1ccc(Cl)c(Cl)c1. The molecule has 0 amide bonds. The molecule has 1 atom stereocenters. The van der Waals surface area contributed by atoms with E-state index in [1.807, 2.05) is 0 Å². The van der Waals surface area contributed by atoms with Crippen LogP contribution in [0.2, 0.25) is 10.0 Å². The molecule has 3 N–H and O–H groups in total. The van der Waals surface area contributed by atoms with Crippen molar-refractivity contribution in [2.24, 2.45) is 0 Å². The first kappa shape index (κ1) is 16.2. The quantitative estimate of drug-likeness (QED) is 0.726. The lowest BCUT2D eigenvalue weighted by molar-refractivity contribution is -0.146. The van der Waals surface area contributed by atoms with Crippen molar-refractivity contribution in [1.82, 2.24) is 4.72 Å². The van der Waals surface area contributed by atoms with Crippen LogP contribution in [0.25, 0.3) is 0 Å². The number of aliphatic carboxylic acids is 1. The van der Waals surface area contributed by atoms with Gasteiger partial charge in [0, 0.05) is 6.54 Å². The minimum Gasteiger partial charge on any atom is -0.479 e. The topological polar surface area (TPSA) is 104 Å². The van der Waals surface area contributed by atoms with Gasteiger partial charge in [-0.25, -0.2) is 17.9 Å². The zero-order valence-electron chi connectivity index (χ0n) is 9.51. The number of carboxylic acid groups (broad SMARTS) is 1. The molecule has 0 bridgehead atoms. The number of carboxylic acids is 1. The molecule has 0 saturated carbocycles. The molecule has 6 nitrogen and oxygen atoms in total. The van der Waals surface area contributed by atoms with Gasteiger partial charge in [-0.15, -0.1) is 0 Å². The first-order valence-corrected chi connectivity index (χ1v) is 7.33. The Kier molecular flexibility index (Phi) is 5.57. The largest absolute Gasteiger partial charge is 0.479 e. The van der Waals surface area contributed by atoms with E-state index < -0.39 is 22.1 Å². The highest BCUT2D eigenvalue weighted by Gasteiger charge is 2.17. The number of rotatable bonds is 6. The number of benzene rings is 1. The molecule has 0 saturated heterocycles. The highest BCUT2D eigenvalue weighted by Crippen LogP contribution is 2.24. The van der Waals surface area contributed by atoms with Gasteiger partial charge >= 0.3 is 5.97 Å². The van der Waals surface area contributed by atoms with Crippen LogP contribution >= 0.6 is 23.2 Å². The van der Waals surface area contributed by atoms with Crippen molar-refractivity contribution < 1.29 is 23.4 Å². The summed E-state index contributed by atoms with van der Waals surface area (Å²) in [7, 11) is -3.82. The second-order valence-corrected chi connectivity index (χ2v) is 6.20. The lowest BCUT2D eigenvalue weighted by atomic mass is 10.3. The average molecular weight is 328 g/mol. The number of sulfonamides is 1. The summed E-state index contributed by atoms with van der Waals surface area (Å²) in [5.41, 5.74) is 0. The van der Waals surface area contributed by atoms with Gasteiger partial charge in [-0.2, -0.15) is 0 Å². The summed E-state index contributed by atoms with van der Waals surface area (Å²) in [6.07, 6.45) is -1.85. The first-order valence-electron chi connectivity index (χ1n) is 5.09. The maximum atomic E-state index is 11.8. The molecular weight excluding hydrogens is 317 g/mol. The smallest absolute Gasteiger partial charge is 0.332 e. The van der Waals surface area contributed by atoms with Crippen LogP contribution in [0.3, 0.4) is 0 Å². The molecule has 0 radical (unpaired) electrons. The Balaban J connectivity index is 2.71. The fourth-order valence-electron chi connectivity index (χ4n) is 1.18. The van der Waals surface area contributed by atoms with Crippen molar-refractivity contribution >= 4 is 39.2 Å². The van der Waals surface area contributed by atoms with E-state index in [1.165, 1.54) is 18.2 Å². The van der Waals surface area contributed by atoms with E-state index in [-0.39, 0.29) is 27.9 Å².